The highest BCUT2D eigenvalue weighted by molar-refractivity contribution is 6.03. The SMILES string of the molecule is NC1=C(O)C(=O)C2OC12. The Bertz CT molecular complexity index is 220. The molecule has 0 aromatic heterocycles. The van der Waals surface area contributed by atoms with Gasteiger partial charge in [-0.25, -0.2) is 0 Å². The van der Waals surface area contributed by atoms with Crippen molar-refractivity contribution in [1.29, 1.82) is 0 Å². The zero-order valence-electron chi connectivity index (χ0n) is 4.50. The van der Waals surface area contributed by atoms with Gasteiger partial charge in [0.05, 0.1) is 5.70 Å². The summed E-state index contributed by atoms with van der Waals surface area (Å²) in [7, 11) is 0. The number of hydrogen-bond donors (Lipinski definition) is 2. The molecule has 2 aliphatic rings. The van der Waals surface area contributed by atoms with Gasteiger partial charge in [0.2, 0.25) is 5.78 Å². The van der Waals surface area contributed by atoms with Crippen molar-refractivity contribution in [3.8, 4) is 0 Å². The first-order valence-corrected chi connectivity index (χ1v) is 2.60. The highest BCUT2D eigenvalue weighted by Gasteiger charge is 2.55. The first-order valence-electron chi connectivity index (χ1n) is 2.60. The van der Waals surface area contributed by atoms with E-state index in [2.05, 4.69) is 0 Å². The molecule has 1 aliphatic heterocycles. The maximum Gasteiger partial charge on any atom is 0.230 e. The molecule has 0 amide bonds. The molecule has 1 fully saturated rings. The fourth-order valence-corrected chi connectivity index (χ4v) is 0.960. The monoisotopic (exact) mass is 127 g/mol. The minimum absolute atomic E-state index is 0.185. The van der Waals surface area contributed by atoms with Crippen molar-refractivity contribution >= 4 is 5.78 Å². The lowest BCUT2D eigenvalue weighted by molar-refractivity contribution is -0.119. The number of carbonyl (C=O) groups excluding carboxylic acids is 1. The van der Waals surface area contributed by atoms with E-state index in [1.54, 1.807) is 0 Å². The summed E-state index contributed by atoms with van der Waals surface area (Å²) in [6.07, 6.45) is -0.762. The van der Waals surface area contributed by atoms with Crippen LogP contribution in [-0.4, -0.2) is 23.1 Å². The van der Waals surface area contributed by atoms with Crippen LogP contribution in [0.4, 0.5) is 0 Å². The van der Waals surface area contributed by atoms with Crippen molar-refractivity contribution in [3.05, 3.63) is 11.5 Å². The van der Waals surface area contributed by atoms with Gasteiger partial charge in [0, 0.05) is 0 Å². The van der Waals surface area contributed by atoms with Crippen molar-refractivity contribution in [2.24, 2.45) is 5.73 Å². The smallest absolute Gasteiger partial charge is 0.230 e. The number of ether oxygens (including phenoxy) is 1. The number of carbonyl (C=O) groups is 1. The Balaban J connectivity index is 2.44. The summed E-state index contributed by atoms with van der Waals surface area (Å²) in [5.74, 6) is -0.686. The van der Waals surface area contributed by atoms with Gasteiger partial charge in [0.25, 0.3) is 0 Å². The second-order valence-electron chi connectivity index (χ2n) is 2.15. The van der Waals surface area contributed by atoms with E-state index >= 15 is 0 Å². The zero-order chi connectivity index (χ0) is 6.59. The van der Waals surface area contributed by atoms with Crippen LogP contribution in [-0.2, 0) is 9.53 Å². The van der Waals surface area contributed by atoms with Gasteiger partial charge >= 0.3 is 0 Å². The standard InChI is InChI=1S/C5H5NO3/c6-1-2(7)3(8)5-4(1)9-5/h4-5,7H,6H2. The van der Waals surface area contributed by atoms with E-state index in [0.29, 0.717) is 0 Å². The number of Topliss-reactive ketones (excluding diaryl/α,β-unsaturated/α-hetero) is 1. The molecule has 4 heteroatoms. The summed E-state index contributed by atoms with van der Waals surface area (Å²) in [4.78, 5) is 10.6. The molecule has 0 bridgehead atoms. The Labute approximate surface area is 50.9 Å². The van der Waals surface area contributed by atoms with Crippen LogP contribution < -0.4 is 5.73 Å². The van der Waals surface area contributed by atoms with Gasteiger partial charge in [-0.2, -0.15) is 0 Å². The molecule has 9 heavy (non-hydrogen) atoms. The number of epoxide rings is 1. The summed E-state index contributed by atoms with van der Waals surface area (Å²) >= 11 is 0. The Hall–Kier alpha value is -1.03. The van der Waals surface area contributed by atoms with Crippen LogP contribution in [0.2, 0.25) is 0 Å². The largest absolute Gasteiger partial charge is 0.503 e. The minimum Gasteiger partial charge on any atom is -0.503 e. The molecule has 0 saturated carbocycles. The number of hydrogen-bond acceptors (Lipinski definition) is 4. The van der Waals surface area contributed by atoms with Crippen molar-refractivity contribution < 1.29 is 14.6 Å². The van der Waals surface area contributed by atoms with Gasteiger partial charge < -0.3 is 15.6 Å². The third kappa shape index (κ3) is 0.392. The number of fused-ring (bicyclic) bond motifs is 1. The van der Waals surface area contributed by atoms with E-state index < -0.39 is 6.10 Å². The highest BCUT2D eigenvalue weighted by Crippen LogP contribution is 2.36. The molecule has 1 saturated heterocycles. The Morgan fingerprint density at radius 3 is 2.44 bits per heavy atom. The molecule has 48 valence electrons. The van der Waals surface area contributed by atoms with Crippen LogP contribution >= 0.6 is 0 Å². The summed E-state index contributed by atoms with van der Waals surface area (Å²) in [6, 6.07) is 0. The number of nitrogens with two attached hydrogens (primary N) is 1. The second-order valence-corrected chi connectivity index (χ2v) is 2.15. The fraction of sp³-hybridized carbons (Fsp3) is 0.400. The lowest BCUT2D eigenvalue weighted by atomic mass is 10.3. The maximum absolute atomic E-state index is 10.6. The third-order valence-corrected chi connectivity index (χ3v) is 1.56. The molecule has 1 aliphatic carbocycles. The van der Waals surface area contributed by atoms with Crippen molar-refractivity contribution in [2.75, 3.05) is 0 Å². The lowest BCUT2D eigenvalue weighted by Crippen LogP contribution is -2.07. The Morgan fingerprint density at radius 2 is 2.22 bits per heavy atom. The number of aliphatic hydroxyl groups is 1. The average Bonchev–Trinajstić information content (AvgIpc) is 2.56. The maximum atomic E-state index is 10.6. The van der Waals surface area contributed by atoms with E-state index in [0.717, 1.165) is 0 Å². The molecule has 2 rings (SSSR count). The van der Waals surface area contributed by atoms with Crippen LogP contribution in [0.5, 0.6) is 0 Å². The normalized spacial score (nSPS) is 39.3. The fourth-order valence-electron chi connectivity index (χ4n) is 0.960. The van der Waals surface area contributed by atoms with Gasteiger partial charge in [-0.1, -0.05) is 0 Å². The van der Waals surface area contributed by atoms with Gasteiger partial charge in [-0.3, -0.25) is 4.79 Å². The summed E-state index contributed by atoms with van der Waals surface area (Å²) in [6.45, 7) is 0. The van der Waals surface area contributed by atoms with Crippen LogP contribution in [0.25, 0.3) is 0 Å². The summed E-state index contributed by atoms with van der Waals surface area (Å²) in [5.41, 5.74) is 5.42. The average molecular weight is 127 g/mol. The predicted molar refractivity (Wildman–Crippen MR) is 27.5 cm³/mol. The van der Waals surface area contributed by atoms with Crippen molar-refractivity contribution in [1.82, 2.24) is 0 Å². The predicted octanol–water partition coefficient (Wildman–Crippen LogP) is -0.935. The summed E-state index contributed by atoms with van der Waals surface area (Å²) in [5, 5.41) is 8.79. The minimum atomic E-state index is -0.454. The van der Waals surface area contributed by atoms with Gasteiger partial charge in [0.15, 0.2) is 11.9 Å². The second kappa shape index (κ2) is 1.11. The van der Waals surface area contributed by atoms with Crippen LogP contribution in [0.1, 0.15) is 0 Å². The van der Waals surface area contributed by atoms with E-state index in [1.807, 2.05) is 0 Å². The van der Waals surface area contributed by atoms with Crippen molar-refractivity contribution in [2.45, 2.75) is 12.2 Å². The van der Waals surface area contributed by atoms with Crippen LogP contribution in [0.15, 0.2) is 11.5 Å². The van der Waals surface area contributed by atoms with E-state index in [9.17, 15) is 4.79 Å². The molecule has 2 atom stereocenters. The molecular formula is C5H5NO3. The van der Waals surface area contributed by atoms with Gasteiger partial charge in [-0.15, -0.1) is 0 Å². The number of ketones is 1. The highest BCUT2D eigenvalue weighted by atomic mass is 16.6. The summed E-state index contributed by atoms with van der Waals surface area (Å²) < 4.78 is 4.76. The molecule has 1 heterocycles. The molecule has 4 nitrogen and oxygen atoms in total. The molecule has 0 aromatic rings. The molecule has 3 N–H and O–H groups in total. The van der Waals surface area contributed by atoms with Crippen molar-refractivity contribution in [3.63, 3.8) is 0 Å². The van der Waals surface area contributed by atoms with E-state index in [4.69, 9.17) is 15.6 Å². The number of aliphatic hydroxyl groups excluding tert-OH is 1. The molecule has 0 radical (unpaired) electrons. The zero-order valence-corrected chi connectivity index (χ0v) is 4.50. The third-order valence-electron chi connectivity index (χ3n) is 1.56. The first kappa shape index (κ1) is 4.81. The quantitative estimate of drug-likeness (QED) is 0.412. The number of rotatable bonds is 0. The Kier molecular flexibility index (Phi) is 0.593. The molecule has 0 spiro atoms. The Morgan fingerprint density at radius 1 is 1.56 bits per heavy atom. The molecule has 0 aromatic carbocycles. The molecular weight excluding hydrogens is 122 g/mol. The lowest BCUT2D eigenvalue weighted by Gasteiger charge is -1.92. The first-order chi connectivity index (χ1) is 4.22. The van der Waals surface area contributed by atoms with Crippen LogP contribution in [0, 0.1) is 0 Å². The van der Waals surface area contributed by atoms with E-state index in [1.165, 1.54) is 0 Å². The van der Waals surface area contributed by atoms with Gasteiger partial charge in [-0.05, 0) is 0 Å². The van der Waals surface area contributed by atoms with E-state index in [-0.39, 0.29) is 23.3 Å². The topological polar surface area (TPSA) is 75.8 Å². The van der Waals surface area contributed by atoms with Crippen LogP contribution in [0.3, 0.4) is 0 Å². The van der Waals surface area contributed by atoms with Gasteiger partial charge in [0.1, 0.15) is 6.10 Å². The molecule has 2 unspecified atom stereocenters.